The maximum atomic E-state index is 11.1. The fraction of sp³-hybridized carbons (Fsp3) is 0.0769. The van der Waals surface area contributed by atoms with Gasteiger partial charge in [-0.05, 0) is 30.2 Å². The number of nitrogens with zero attached hydrogens (tertiary/aromatic N) is 1. The molecule has 74 valence electrons. The molecule has 2 aromatic rings. The highest BCUT2D eigenvalue weighted by atomic mass is 16.1. The molecule has 0 bridgehead atoms. The SMILES string of the molecule is CC(=O)c1ccc(-c2ccncc2)cc1. The standard InChI is InChI=1S/C13H11NO/c1-10(15)11-2-4-12(5-3-11)13-6-8-14-9-7-13/h2-9H,1H3. The zero-order chi connectivity index (χ0) is 10.7. The topological polar surface area (TPSA) is 30.0 Å². The molecule has 0 aliphatic rings. The predicted octanol–water partition coefficient (Wildman–Crippen LogP) is 2.95. The third kappa shape index (κ3) is 2.10. The summed E-state index contributed by atoms with van der Waals surface area (Å²) in [6, 6.07) is 11.5. The van der Waals surface area contributed by atoms with Crippen molar-refractivity contribution < 1.29 is 4.79 Å². The first kappa shape index (κ1) is 9.59. The van der Waals surface area contributed by atoms with Crippen LogP contribution in [0.3, 0.4) is 0 Å². The number of aromatic nitrogens is 1. The smallest absolute Gasteiger partial charge is 0.159 e. The molecule has 0 fully saturated rings. The Morgan fingerprint density at radius 2 is 1.47 bits per heavy atom. The van der Waals surface area contributed by atoms with Crippen LogP contribution in [0, 0.1) is 0 Å². The average Bonchev–Trinajstić information content (AvgIpc) is 2.30. The lowest BCUT2D eigenvalue weighted by Crippen LogP contribution is -1.90. The van der Waals surface area contributed by atoms with Crippen LogP contribution < -0.4 is 0 Å². The third-order valence-corrected chi connectivity index (χ3v) is 2.31. The zero-order valence-corrected chi connectivity index (χ0v) is 8.47. The summed E-state index contributed by atoms with van der Waals surface area (Å²) in [6.45, 7) is 1.57. The van der Waals surface area contributed by atoms with E-state index in [0.29, 0.717) is 0 Å². The predicted molar refractivity (Wildman–Crippen MR) is 59.7 cm³/mol. The van der Waals surface area contributed by atoms with Crippen LogP contribution in [0.1, 0.15) is 17.3 Å². The van der Waals surface area contributed by atoms with Gasteiger partial charge in [-0.1, -0.05) is 24.3 Å². The van der Waals surface area contributed by atoms with E-state index in [1.54, 1.807) is 19.3 Å². The lowest BCUT2D eigenvalue weighted by atomic mass is 10.0. The molecule has 0 saturated heterocycles. The summed E-state index contributed by atoms with van der Waals surface area (Å²) in [5.41, 5.74) is 2.95. The molecule has 0 aliphatic heterocycles. The molecule has 1 aromatic carbocycles. The van der Waals surface area contributed by atoms with Gasteiger partial charge in [-0.25, -0.2) is 0 Å². The van der Waals surface area contributed by atoms with Gasteiger partial charge in [-0.3, -0.25) is 9.78 Å². The van der Waals surface area contributed by atoms with Crippen molar-refractivity contribution in [2.24, 2.45) is 0 Å². The summed E-state index contributed by atoms with van der Waals surface area (Å²) in [7, 11) is 0. The molecule has 0 spiro atoms. The number of carbonyl (C=O) groups excluding carboxylic acids is 1. The van der Waals surface area contributed by atoms with E-state index in [2.05, 4.69) is 4.98 Å². The Kier molecular flexibility index (Phi) is 2.59. The second-order valence-electron chi connectivity index (χ2n) is 3.37. The van der Waals surface area contributed by atoms with Crippen LogP contribution in [0.15, 0.2) is 48.8 Å². The molecular weight excluding hydrogens is 186 g/mol. The number of Topliss-reactive ketones (excluding diaryl/α,β-unsaturated/α-hetero) is 1. The maximum absolute atomic E-state index is 11.1. The van der Waals surface area contributed by atoms with Gasteiger partial charge < -0.3 is 0 Å². The summed E-state index contributed by atoms with van der Waals surface area (Å²) in [5, 5.41) is 0. The Labute approximate surface area is 88.6 Å². The second-order valence-corrected chi connectivity index (χ2v) is 3.37. The number of pyridine rings is 1. The van der Waals surface area contributed by atoms with E-state index in [9.17, 15) is 4.79 Å². The summed E-state index contributed by atoms with van der Waals surface area (Å²) in [4.78, 5) is 15.0. The Hall–Kier alpha value is -1.96. The van der Waals surface area contributed by atoms with E-state index in [1.165, 1.54) is 0 Å². The van der Waals surface area contributed by atoms with Gasteiger partial charge >= 0.3 is 0 Å². The first-order valence-corrected chi connectivity index (χ1v) is 4.79. The van der Waals surface area contributed by atoms with Gasteiger partial charge in [0.25, 0.3) is 0 Å². The van der Waals surface area contributed by atoms with Crippen LogP contribution in [-0.4, -0.2) is 10.8 Å². The van der Waals surface area contributed by atoms with E-state index in [0.717, 1.165) is 16.7 Å². The molecule has 0 unspecified atom stereocenters. The lowest BCUT2D eigenvalue weighted by molar-refractivity contribution is 0.101. The van der Waals surface area contributed by atoms with Crippen LogP contribution in [0.2, 0.25) is 0 Å². The van der Waals surface area contributed by atoms with Gasteiger partial charge in [-0.2, -0.15) is 0 Å². The van der Waals surface area contributed by atoms with Crippen molar-refractivity contribution in [2.45, 2.75) is 6.92 Å². The number of hydrogen-bond acceptors (Lipinski definition) is 2. The first-order chi connectivity index (χ1) is 7.27. The Bertz CT molecular complexity index is 460. The van der Waals surface area contributed by atoms with Crippen molar-refractivity contribution >= 4 is 5.78 Å². The van der Waals surface area contributed by atoms with E-state index in [-0.39, 0.29) is 5.78 Å². The lowest BCUT2D eigenvalue weighted by Gasteiger charge is -2.01. The molecular formula is C13H11NO. The summed E-state index contributed by atoms with van der Waals surface area (Å²) in [6.07, 6.45) is 3.52. The monoisotopic (exact) mass is 197 g/mol. The van der Waals surface area contributed by atoms with Gasteiger partial charge in [-0.15, -0.1) is 0 Å². The van der Waals surface area contributed by atoms with Gasteiger partial charge in [0, 0.05) is 18.0 Å². The third-order valence-electron chi connectivity index (χ3n) is 2.31. The van der Waals surface area contributed by atoms with Crippen LogP contribution in [0.5, 0.6) is 0 Å². The number of carbonyl (C=O) groups is 1. The van der Waals surface area contributed by atoms with Crippen molar-refractivity contribution in [3.63, 3.8) is 0 Å². The molecule has 15 heavy (non-hydrogen) atoms. The zero-order valence-electron chi connectivity index (χ0n) is 8.47. The first-order valence-electron chi connectivity index (χ1n) is 4.79. The van der Waals surface area contributed by atoms with Gasteiger partial charge in [0.15, 0.2) is 5.78 Å². The van der Waals surface area contributed by atoms with Crippen LogP contribution in [0.4, 0.5) is 0 Å². The average molecular weight is 197 g/mol. The van der Waals surface area contributed by atoms with Crippen LogP contribution >= 0.6 is 0 Å². The van der Waals surface area contributed by atoms with Crippen molar-refractivity contribution in [2.75, 3.05) is 0 Å². The van der Waals surface area contributed by atoms with E-state index < -0.39 is 0 Å². The number of ketones is 1. The Morgan fingerprint density at radius 3 is 2.00 bits per heavy atom. The highest BCUT2D eigenvalue weighted by Gasteiger charge is 2.00. The molecule has 0 saturated carbocycles. The highest BCUT2D eigenvalue weighted by Crippen LogP contribution is 2.18. The Morgan fingerprint density at radius 1 is 0.933 bits per heavy atom. The van der Waals surface area contributed by atoms with Gasteiger partial charge in [0.05, 0.1) is 0 Å². The molecule has 2 heteroatoms. The van der Waals surface area contributed by atoms with E-state index in [1.807, 2.05) is 36.4 Å². The maximum Gasteiger partial charge on any atom is 0.159 e. The van der Waals surface area contributed by atoms with Crippen LogP contribution in [0.25, 0.3) is 11.1 Å². The highest BCUT2D eigenvalue weighted by molar-refractivity contribution is 5.94. The molecule has 0 N–H and O–H groups in total. The fourth-order valence-corrected chi connectivity index (χ4v) is 1.44. The molecule has 2 rings (SSSR count). The van der Waals surface area contributed by atoms with Gasteiger partial charge in [0.2, 0.25) is 0 Å². The molecule has 1 aromatic heterocycles. The van der Waals surface area contributed by atoms with Crippen molar-refractivity contribution in [1.29, 1.82) is 0 Å². The molecule has 1 heterocycles. The molecule has 0 amide bonds. The minimum Gasteiger partial charge on any atom is -0.295 e. The minimum atomic E-state index is 0.0938. The van der Waals surface area contributed by atoms with E-state index in [4.69, 9.17) is 0 Å². The van der Waals surface area contributed by atoms with Crippen molar-refractivity contribution in [3.8, 4) is 11.1 Å². The number of benzene rings is 1. The fourth-order valence-electron chi connectivity index (χ4n) is 1.44. The molecule has 0 aliphatic carbocycles. The number of hydrogen-bond donors (Lipinski definition) is 0. The van der Waals surface area contributed by atoms with Crippen LogP contribution in [-0.2, 0) is 0 Å². The summed E-state index contributed by atoms with van der Waals surface area (Å²) < 4.78 is 0. The molecule has 2 nitrogen and oxygen atoms in total. The van der Waals surface area contributed by atoms with Gasteiger partial charge in [0.1, 0.15) is 0 Å². The normalized spacial score (nSPS) is 9.93. The van der Waals surface area contributed by atoms with Crippen molar-refractivity contribution in [1.82, 2.24) is 4.98 Å². The largest absolute Gasteiger partial charge is 0.295 e. The van der Waals surface area contributed by atoms with Crippen molar-refractivity contribution in [3.05, 3.63) is 54.4 Å². The summed E-state index contributed by atoms with van der Waals surface area (Å²) in [5.74, 6) is 0.0938. The number of rotatable bonds is 2. The Balaban J connectivity index is 2.36. The molecule has 0 radical (unpaired) electrons. The summed E-state index contributed by atoms with van der Waals surface area (Å²) >= 11 is 0. The second kappa shape index (κ2) is 4.05. The quantitative estimate of drug-likeness (QED) is 0.693. The van der Waals surface area contributed by atoms with E-state index >= 15 is 0 Å². The molecule has 0 atom stereocenters. The minimum absolute atomic E-state index is 0.0938.